The first-order valence-electron chi connectivity index (χ1n) is 5.38. The molecule has 4 heteroatoms. The number of halogens is 1. The lowest BCUT2D eigenvalue weighted by Gasteiger charge is -2.26. The predicted molar refractivity (Wildman–Crippen MR) is 64.7 cm³/mol. The third-order valence-electron chi connectivity index (χ3n) is 2.69. The zero-order valence-corrected chi connectivity index (χ0v) is 9.88. The second-order valence-electron chi connectivity index (χ2n) is 3.80. The number of rotatable bonds is 3. The summed E-state index contributed by atoms with van der Waals surface area (Å²) in [5, 5.41) is 3.26. The average Bonchev–Trinajstić information content (AvgIpc) is 2.36. The summed E-state index contributed by atoms with van der Waals surface area (Å²) in [6.07, 6.45) is 1.18. The highest BCUT2D eigenvalue weighted by atomic mass is 35.5. The van der Waals surface area contributed by atoms with Crippen molar-refractivity contribution in [3.63, 3.8) is 0 Å². The Kier molecular flexibility index (Phi) is 3.34. The van der Waals surface area contributed by atoms with Crippen LogP contribution in [0.25, 0.3) is 0 Å². The molecular formula is C12H14ClNO2. The molecule has 16 heavy (non-hydrogen) atoms. The fourth-order valence-electron chi connectivity index (χ4n) is 1.69. The van der Waals surface area contributed by atoms with Gasteiger partial charge in [0, 0.05) is 5.56 Å². The second kappa shape index (κ2) is 4.74. The Labute approximate surface area is 99.7 Å². The van der Waals surface area contributed by atoms with Crippen molar-refractivity contribution < 1.29 is 9.53 Å². The predicted octanol–water partition coefficient (Wildman–Crippen LogP) is 2.69. The number of ketones is 1. The minimum absolute atomic E-state index is 0.0111. The first kappa shape index (κ1) is 11.3. The summed E-state index contributed by atoms with van der Waals surface area (Å²) in [6.45, 7) is 2.87. The molecule has 0 aromatic heterocycles. The zero-order valence-electron chi connectivity index (χ0n) is 9.13. The Balaban J connectivity index is 2.24. The van der Waals surface area contributed by atoms with E-state index in [4.69, 9.17) is 16.3 Å². The lowest BCUT2D eigenvalue weighted by Crippen LogP contribution is -2.30. The Morgan fingerprint density at radius 2 is 2.44 bits per heavy atom. The van der Waals surface area contributed by atoms with E-state index in [2.05, 4.69) is 12.2 Å². The maximum atomic E-state index is 11.4. The number of hydrogen-bond donors (Lipinski definition) is 1. The first-order valence-corrected chi connectivity index (χ1v) is 5.91. The summed E-state index contributed by atoms with van der Waals surface area (Å²) in [7, 11) is 0. The summed E-state index contributed by atoms with van der Waals surface area (Å²) in [5.41, 5.74) is 1.50. The summed E-state index contributed by atoms with van der Waals surface area (Å²) in [6, 6.07) is 5.37. The fraction of sp³-hybridized carbons (Fsp3) is 0.417. The highest BCUT2D eigenvalue weighted by Gasteiger charge is 2.18. The molecular weight excluding hydrogens is 226 g/mol. The van der Waals surface area contributed by atoms with Crippen molar-refractivity contribution in [2.24, 2.45) is 0 Å². The molecule has 0 aliphatic carbocycles. The van der Waals surface area contributed by atoms with Gasteiger partial charge in [0.25, 0.3) is 0 Å². The van der Waals surface area contributed by atoms with Crippen molar-refractivity contribution in [3.05, 3.63) is 23.8 Å². The van der Waals surface area contributed by atoms with Crippen molar-refractivity contribution >= 4 is 23.1 Å². The molecule has 1 aliphatic heterocycles. The molecule has 0 amide bonds. The standard InChI is InChI=1S/C12H14ClNO2/c1-2-9-7-14-10-5-8(11(15)6-13)3-4-12(10)16-9/h3-5,9,14H,2,6-7H2,1H3. The number of fused-ring (bicyclic) bond motifs is 1. The van der Waals surface area contributed by atoms with Gasteiger partial charge in [-0.25, -0.2) is 0 Å². The maximum absolute atomic E-state index is 11.4. The number of benzene rings is 1. The van der Waals surface area contributed by atoms with Gasteiger partial charge in [0.05, 0.1) is 18.1 Å². The Hall–Kier alpha value is -1.22. The van der Waals surface area contributed by atoms with Crippen LogP contribution in [0.3, 0.4) is 0 Å². The fourth-order valence-corrected chi connectivity index (χ4v) is 1.85. The van der Waals surface area contributed by atoms with Crippen LogP contribution in [0.15, 0.2) is 18.2 Å². The van der Waals surface area contributed by atoms with E-state index in [1.807, 2.05) is 6.07 Å². The Morgan fingerprint density at radius 3 is 3.12 bits per heavy atom. The van der Waals surface area contributed by atoms with Gasteiger partial charge < -0.3 is 10.1 Å². The van der Waals surface area contributed by atoms with Crippen LogP contribution in [-0.2, 0) is 0 Å². The molecule has 2 rings (SSSR count). The number of Topliss-reactive ketones (excluding diaryl/α,β-unsaturated/α-hetero) is 1. The maximum Gasteiger partial charge on any atom is 0.177 e. The molecule has 0 bridgehead atoms. The third-order valence-corrected chi connectivity index (χ3v) is 2.93. The molecule has 3 nitrogen and oxygen atoms in total. The lowest BCUT2D eigenvalue weighted by molar-refractivity contribution is 0.102. The van der Waals surface area contributed by atoms with E-state index in [-0.39, 0.29) is 17.8 Å². The van der Waals surface area contributed by atoms with Gasteiger partial charge >= 0.3 is 0 Å². The molecule has 1 atom stereocenters. The van der Waals surface area contributed by atoms with Crippen LogP contribution in [0.5, 0.6) is 5.75 Å². The van der Waals surface area contributed by atoms with Gasteiger partial charge in [-0.2, -0.15) is 0 Å². The number of carbonyl (C=O) groups is 1. The quantitative estimate of drug-likeness (QED) is 0.651. The highest BCUT2D eigenvalue weighted by Crippen LogP contribution is 2.30. The van der Waals surface area contributed by atoms with E-state index in [0.29, 0.717) is 5.56 Å². The van der Waals surface area contributed by atoms with Crippen LogP contribution in [0, 0.1) is 0 Å². The van der Waals surface area contributed by atoms with Crippen molar-refractivity contribution in [1.29, 1.82) is 0 Å². The largest absolute Gasteiger partial charge is 0.486 e. The van der Waals surface area contributed by atoms with Gasteiger partial charge in [0.1, 0.15) is 11.9 Å². The molecule has 1 heterocycles. The topological polar surface area (TPSA) is 38.3 Å². The number of anilines is 1. The molecule has 86 valence electrons. The number of hydrogen-bond acceptors (Lipinski definition) is 3. The van der Waals surface area contributed by atoms with Crippen molar-refractivity contribution in [2.75, 3.05) is 17.7 Å². The van der Waals surface area contributed by atoms with Crippen LogP contribution < -0.4 is 10.1 Å². The Morgan fingerprint density at radius 1 is 1.62 bits per heavy atom. The van der Waals surface area contributed by atoms with Crippen LogP contribution in [0.1, 0.15) is 23.7 Å². The monoisotopic (exact) mass is 239 g/mol. The van der Waals surface area contributed by atoms with Crippen molar-refractivity contribution in [1.82, 2.24) is 0 Å². The van der Waals surface area contributed by atoms with Gasteiger partial charge in [0.2, 0.25) is 0 Å². The van der Waals surface area contributed by atoms with Crippen LogP contribution in [-0.4, -0.2) is 24.3 Å². The van der Waals surface area contributed by atoms with Crippen molar-refractivity contribution in [3.8, 4) is 5.75 Å². The molecule has 0 radical (unpaired) electrons. The van der Waals surface area contributed by atoms with Crippen LogP contribution in [0.2, 0.25) is 0 Å². The van der Waals surface area contributed by atoms with Gasteiger partial charge in [-0.15, -0.1) is 11.6 Å². The van der Waals surface area contributed by atoms with E-state index in [0.717, 1.165) is 24.4 Å². The Bertz CT molecular complexity index is 406. The molecule has 1 unspecified atom stereocenters. The summed E-state index contributed by atoms with van der Waals surface area (Å²) < 4.78 is 5.74. The van der Waals surface area contributed by atoms with Crippen molar-refractivity contribution in [2.45, 2.75) is 19.4 Å². The van der Waals surface area contributed by atoms with Gasteiger partial charge in [-0.1, -0.05) is 6.92 Å². The van der Waals surface area contributed by atoms with Gasteiger partial charge in [-0.3, -0.25) is 4.79 Å². The summed E-state index contributed by atoms with van der Waals surface area (Å²) >= 11 is 5.51. The minimum atomic E-state index is -0.0659. The summed E-state index contributed by atoms with van der Waals surface area (Å²) in [4.78, 5) is 11.4. The molecule has 1 N–H and O–H groups in total. The van der Waals surface area contributed by atoms with Gasteiger partial charge in [0.15, 0.2) is 5.78 Å². The van der Waals surface area contributed by atoms with Gasteiger partial charge in [-0.05, 0) is 24.6 Å². The van der Waals surface area contributed by atoms with E-state index in [1.165, 1.54) is 0 Å². The van der Waals surface area contributed by atoms with E-state index < -0.39 is 0 Å². The highest BCUT2D eigenvalue weighted by molar-refractivity contribution is 6.30. The van der Waals surface area contributed by atoms with Crippen LogP contribution >= 0.6 is 11.6 Å². The normalized spacial score (nSPS) is 18.2. The molecule has 0 fully saturated rings. The molecule has 1 aromatic carbocycles. The lowest BCUT2D eigenvalue weighted by atomic mass is 10.1. The van der Waals surface area contributed by atoms with E-state index in [1.54, 1.807) is 12.1 Å². The second-order valence-corrected chi connectivity index (χ2v) is 4.06. The smallest absolute Gasteiger partial charge is 0.177 e. The number of nitrogens with one attached hydrogen (secondary N) is 1. The zero-order chi connectivity index (χ0) is 11.5. The first-order chi connectivity index (χ1) is 7.74. The molecule has 1 aromatic rings. The minimum Gasteiger partial charge on any atom is -0.486 e. The average molecular weight is 240 g/mol. The number of ether oxygens (including phenoxy) is 1. The molecule has 0 saturated heterocycles. The van der Waals surface area contributed by atoms with Crippen LogP contribution in [0.4, 0.5) is 5.69 Å². The summed E-state index contributed by atoms with van der Waals surface area (Å²) in [5.74, 6) is 0.755. The third kappa shape index (κ3) is 2.14. The molecule has 0 saturated carbocycles. The number of alkyl halides is 1. The van der Waals surface area contributed by atoms with E-state index >= 15 is 0 Å². The molecule has 1 aliphatic rings. The number of carbonyl (C=O) groups excluding carboxylic acids is 1. The molecule has 0 spiro atoms. The SMILES string of the molecule is CCC1CNc2cc(C(=O)CCl)ccc2O1. The van der Waals surface area contributed by atoms with E-state index in [9.17, 15) is 4.79 Å².